The average Bonchev–Trinajstić information content (AvgIpc) is 2.99. The molecule has 30 heavy (non-hydrogen) atoms. The molecule has 0 saturated heterocycles. The molecule has 0 N–H and O–H groups in total. The van der Waals surface area contributed by atoms with Gasteiger partial charge >= 0.3 is 0 Å². The van der Waals surface area contributed by atoms with Crippen LogP contribution in [0.1, 0.15) is 65.9 Å². The summed E-state index contributed by atoms with van der Waals surface area (Å²) in [7, 11) is -3.58. The lowest BCUT2D eigenvalue weighted by Crippen LogP contribution is -2.33. The highest BCUT2D eigenvalue weighted by Gasteiger charge is 2.36. The van der Waals surface area contributed by atoms with Gasteiger partial charge in [-0.05, 0) is 42.7 Å². The van der Waals surface area contributed by atoms with Gasteiger partial charge in [0.2, 0.25) is 10.0 Å². The summed E-state index contributed by atoms with van der Waals surface area (Å²) in [6, 6.07) is 9.61. The summed E-state index contributed by atoms with van der Waals surface area (Å²) < 4.78 is 27.7. The van der Waals surface area contributed by atoms with Crippen LogP contribution in [-0.2, 0) is 16.6 Å². The van der Waals surface area contributed by atoms with E-state index >= 15 is 0 Å². The minimum atomic E-state index is -3.58. The molecule has 0 unspecified atom stereocenters. The fourth-order valence-electron chi connectivity index (χ4n) is 3.38. The number of unbranched alkanes of at least 4 members (excludes halogenated alkanes) is 2. The van der Waals surface area contributed by atoms with Crippen LogP contribution in [0.3, 0.4) is 0 Å². The number of nitrogens with zero attached hydrogens (tertiary/aromatic N) is 3. The molecule has 0 radical (unpaired) electrons. The molecule has 8 heteroatoms. The van der Waals surface area contributed by atoms with Crippen LogP contribution in [0.4, 0.5) is 0 Å². The van der Waals surface area contributed by atoms with Gasteiger partial charge in [-0.3, -0.25) is 19.5 Å². The summed E-state index contributed by atoms with van der Waals surface area (Å²) in [5.74, 6) is -0.817. The van der Waals surface area contributed by atoms with E-state index in [0.29, 0.717) is 24.2 Å². The van der Waals surface area contributed by atoms with E-state index in [2.05, 4.69) is 4.98 Å². The number of hydrogen-bond donors (Lipinski definition) is 0. The Labute approximate surface area is 177 Å². The zero-order chi connectivity index (χ0) is 21.7. The van der Waals surface area contributed by atoms with Crippen molar-refractivity contribution in [2.24, 2.45) is 0 Å². The van der Waals surface area contributed by atoms with Crippen molar-refractivity contribution in [1.82, 2.24) is 14.2 Å². The van der Waals surface area contributed by atoms with E-state index in [9.17, 15) is 18.0 Å². The summed E-state index contributed by atoms with van der Waals surface area (Å²) in [5.41, 5.74) is 1.13. The first kappa shape index (κ1) is 22.1. The Morgan fingerprint density at radius 2 is 1.57 bits per heavy atom. The van der Waals surface area contributed by atoms with Gasteiger partial charge in [-0.25, -0.2) is 8.42 Å². The first-order chi connectivity index (χ1) is 14.4. The number of sulfonamides is 1. The fraction of sp³-hybridized carbons (Fsp3) is 0.409. The van der Waals surface area contributed by atoms with E-state index in [-0.39, 0.29) is 23.0 Å². The molecule has 0 spiro atoms. The van der Waals surface area contributed by atoms with Crippen molar-refractivity contribution < 1.29 is 18.0 Å². The van der Waals surface area contributed by atoms with E-state index in [1.165, 1.54) is 6.20 Å². The third kappa shape index (κ3) is 4.44. The highest BCUT2D eigenvalue weighted by Crippen LogP contribution is 2.24. The van der Waals surface area contributed by atoms with Gasteiger partial charge in [-0.1, -0.05) is 38.8 Å². The Balaban J connectivity index is 1.76. The molecule has 2 heterocycles. The van der Waals surface area contributed by atoms with Crippen molar-refractivity contribution in [1.29, 1.82) is 0 Å². The van der Waals surface area contributed by atoms with Gasteiger partial charge in [-0.2, -0.15) is 4.31 Å². The van der Waals surface area contributed by atoms with Crippen molar-refractivity contribution in [2.45, 2.75) is 51.0 Å². The van der Waals surface area contributed by atoms with E-state index < -0.39 is 15.9 Å². The predicted octanol–water partition coefficient (Wildman–Crippen LogP) is 3.47. The lowest BCUT2D eigenvalue weighted by atomic mass is 10.2. The number of carbonyl (C=O) groups is 2. The summed E-state index contributed by atoms with van der Waals surface area (Å²) in [6.07, 6.45) is 4.96. The van der Waals surface area contributed by atoms with E-state index in [0.717, 1.165) is 30.6 Å². The molecular formula is C22H27N3O4S. The van der Waals surface area contributed by atoms with Crippen LogP contribution in [0.15, 0.2) is 47.5 Å². The van der Waals surface area contributed by atoms with Crippen LogP contribution >= 0.6 is 0 Å². The van der Waals surface area contributed by atoms with Crippen molar-refractivity contribution in [3.8, 4) is 0 Å². The first-order valence-electron chi connectivity index (χ1n) is 10.3. The van der Waals surface area contributed by atoms with Gasteiger partial charge in [0, 0.05) is 19.3 Å². The standard InChI is InChI=1S/C22H27N3O4S/c1-3-5-14-24(15-6-4-2)30(28,29)18-11-9-17(10-12-18)16-25-21(26)19-8-7-13-23-20(19)22(25)27/h7-13H,3-6,14-16H2,1-2H3. The normalized spacial score (nSPS) is 13.9. The number of imide groups is 1. The molecule has 0 atom stereocenters. The molecule has 1 aliphatic heterocycles. The quantitative estimate of drug-likeness (QED) is 0.540. The number of carbonyl (C=O) groups excluding carboxylic acids is 2. The molecule has 7 nitrogen and oxygen atoms in total. The molecule has 1 aromatic carbocycles. The Morgan fingerprint density at radius 3 is 2.13 bits per heavy atom. The second-order valence-electron chi connectivity index (χ2n) is 7.35. The summed E-state index contributed by atoms with van der Waals surface area (Å²) in [5, 5.41) is 0. The van der Waals surface area contributed by atoms with Crippen LogP contribution in [0.25, 0.3) is 0 Å². The molecule has 2 aromatic rings. The summed E-state index contributed by atoms with van der Waals surface area (Å²) in [4.78, 5) is 30.3. The van der Waals surface area contributed by atoms with E-state index in [1.807, 2.05) is 13.8 Å². The zero-order valence-corrected chi connectivity index (χ0v) is 18.2. The SMILES string of the molecule is CCCCN(CCCC)S(=O)(=O)c1ccc(CN2C(=O)c3cccnc3C2=O)cc1. The van der Waals surface area contributed by atoms with Crippen LogP contribution in [0.5, 0.6) is 0 Å². The molecule has 3 rings (SSSR count). The molecule has 1 aliphatic rings. The predicted molar refractivity (Wildman–Crippen MR) is 113 cm³/mol. The minimum absolute atomic E-state index is 0.0732. The van der Waals surface area contributed by atoms with E-state index in [1.54, 1.807) is 40.7 Å². The van der Waals surface area contributed by atoms with Gasteiger partial charge in [0.25, 0.3) is 11.8 Å². The fourth-order valence-corrected chi connectivity index (χ4v) is 4.89. The summed E-state index contributed by atoms with van der Waals surface area (Å²) >= 11 is 0. The van der Waals surface area contributed by atoms with Crippen LogP contribution in [-0.4, -0.2) is 47.5 Å². The monoisotopic (exact) mass is 429 g/mol. The number of pyridine rings is 1. The Morgan fingerprint density at radius 1 is 0.933 bits per heavy atom. The molecular weight excluding hydrogens is 402 g/mol. The van der Waals surface area contributed by atoms with Gasteiger partial charge in [0.05, 0.1) is 17.0 Å². The third-order valence-electron chi connectivity index (χ3n) is 5.15. The average molecular weight is 430 g/mol. The number of fused-ring (bicyclic) bond motifs is 1. The molecule has 0 bridgehead atoms. The maximum absolute atomic E-state index is 13.1. The lowest BCUT2D eigenvalue weighted by Gasteiger charge is -2.22. The lowest BCUT2D eigenvalue weighted by molar-refractivity contribution is 0.0640. The smallest absolute Gasteiger partial charge is 0.268 e. The van der Waals surface area contributed by atoms with Crippen LogP contribution in [0.2, 0.25) is 0 Å². The van der Waals surface area contributed by atoms with Crippen molar-refractivity contribution in [3.63, 3.8) is 0 Å². The molecule has 160 valence electrons. The van der Waals surface area contributed by atoms with Crippen LogP contribution in [0, 0.1) is 0 Å². The highest BCUT2D eigenvalue weighted by atomic mass is 32.2. The number of hydrogen-bond acceptors (Lipinski definition) is 5. The maximum atomic E-state index is 13.1. The van der Waals surface area contributed by atoms with Gasteiger partial charge in [0.15, 0.2) is 0 Å². The molecule has 0 aliphatic carbocycles. The molecule has 0 fully saturated rings. The second-order valence-corrected chi connectivity index (χ2v) is 9.29. The van der Waals surface area contributed by atoms with Crippen LogP contribution < -0.4 is 0 Å². The minimum Gasteiger partial charge on any atom is -0.268 e. The summed E-state index contributed by atoms with van der Waals surface area (Å²) in [6.45, 7) is 5.15. The largest absolute Gasteiger partial charge is 0.280 e. The van der Waals surface area contributed by atoms with Crippen molar-refractivity contribution in [3.05, 3.63) is 59.4 Å². The number of benzene rings is 1. The Bertz CT molecular complexity index is 976. The molecule has 2 amide bonds. The van der Waals surface area contributed by atoms with E-state index in [4.69, 9.17) is 0 Å². The van der Waals surface area contributed by atoms with Crippen molar-refractivity contribution >= 4 is 21.8 Å². The number of amides is 2. The second kappa shape index (κ2) is 9.49. The Kier molecular flexibility index (Phi) is 6.99. The topological polar surface area (TPSA) is 87.7 Å². The van der Waals surface area contributed by atoms with Gasteiger partial charge < -0.3 is 0 Å². The maximum Gasteiger partial charge on any atom is 0.280 e. The van der Waals surface area contributed by atoms with Gasteiger partial charge in [0.1, 0.15) is 5.69 Å². The number of aromatic nitrogens is 1. The third-order valence-corrected chi connectivity index (χ3v) is 7.07. The van der Waals surface area contributed by atoms with Crippen molar-refractivity contribution in [2.75, 3.05) is 13.1 Å². The van der Waals surface area contributed by atoms with Gasteiger partial charge in [-0.15, -0.1) is 0 Å². The Hall–Kier alpha value is -2.58. The number of rotatable bonds is 10. The zero-order valence-electron chi connectivity index (χ0n) is 17.4. The molecule has 0 saturated carbocycles. The first-order valence-corrected chi connectivity index (χ1v) is 11.7. The molecule has 1 aromatic heterocycles. The highest BCUT2D eigenvalue weighted by molar-refractivity contribution is 7.89.